The van der Waals surface area contributed by atoms with Gasteiger partial charge in [-0.15, -0.1) is 0 Å². The van der Waals surface area contributed by atoms with Gasteiger partial charge in [0.2, 0.25) is 0 Å². The van der Waals surface area contributed by atoms with Crippen molar-refractivity contribution in [1.82, 2.24) is 0 Å². The van der Waals surface area contributed by atoms with Crippen LogP contribution in [0.25, 0.3) is 6.08 Å². The molecule has 3 heteroatoms. The number of carboxylic acid groups (broad SMARTS) is 1. The molecule has 0 aromatic heterocycles. The van der Waals surface area contributed by atoms with Crippen molar-refractivity contribution in [2.75, 3.05) is 0 Å². The summed E-state index contributed by atoms with van der Waals surface area (Å²) in [5, 5.41) is 8.64. The van der Waals surface area contributed by atoms with E-state index in [1.54, 1.807) is 6.08 Å². The van der Waals surface area contributed by atoms with Crippen LogP contribution in [0, 0.1) is 13.8 Å². The van der Waals surface area contributed by atoms with E-state index >= 15 is 0 Å². The Morgan fingerprint density at radius 2 is 1.80 bits per heavy atom. The molecular weight excluding hydrogens is 252 g/mol. The minimum absolute atomic E-state index is 0.724. The lowest BCUT2D eigenvalue weighted by atomic mass is 10.1. The second-order valence-electron chi connectivity index (χ2n) is 4.61. The molecule has 0 atom stereocenters. The van der Waals surface area contributed by atoms with Crippen molar-refractivity contribution in [3.8, 4) is 11.5 Å². The number of aliphatic carboxylic acids is 1. The fraction of sp³-hybridized carbons (Fsp3) is 0.118. The average Bonchev–Trinajstić information content (AvgIpc) is 2.42. The van der Waals surface area contributed by atoms with Crippen LogP contribution in [0.1, 0.15) is 16.7 Å². The first kappa shape index (κ1) is 13.9. The van der Waals surface area contributed by atoms with Crippen molar-refractivity contribution >= 4 is 12.0 Å². The van der Waals surface area contributed by atoms with Gasteiger partial charge in [-0.2, -0.15) is 0 Å². The summed E-state index contributed by atoms with van der Waals surface area (Å²) in [6.07, 6.45) is 2.66. The Hall–Kier alpha value is -2.55. The van der Waals surface area contributed by atoms with Crippen LogP contribution < -0.4 is 4.74 Å². The zero-order valence-electron chi connectivity index (χ0n) is 11.5. The van der Waals surface area contributed by atoms with E-state index < -0.39 is 5.97 Å². The molecule has 2 aromatic carbocycles. The number of carboxylic acids is 1. The molecule has 0 aliphatic rings. The van der Waals surface area contributed by atoms with E-state index in [4.69, 9.17) is 9.84 Å². The summed E-state index contributed by atoms with van der Waals surface area (Å²) in [6.45, 7) is 3.97. The van der Waals surface area contributed by atoms with Gasteiger partial charge in [-0.1, -0.05) is 29.8 Å². The Kier molecular flexibility index (Phi) is 4.20. The highest BCUT2D eigenvalue weighted by atomic mass is 16.5. The van der Waals surface area contributed by atoms with Crippen LogP contribution in [-0.4, -0.2) is 11.1 Å². The largest absolute Gasteiger partial charge is 0.478 e. The summed E-state index contributed by atoms with van der Waals surface area (Å²) < 4.78 is 5.83. The lowest BCUT2D eigenvalue weighted by molar-refractivity contribution is -0.131. The molecule has 2 rings (SSSR count). The number of carbonyl (C=O) groups is 1. The maximum atomic E-state index is 10.5. The van der Waals surface area contributed by atoms with E-state index in [0.717, 1.165) is 28.7 Å². The molecule has 0 unspecified atom stereocenters. The Morgan fingerprint density at radius 1 is 1.10 bits per heavy atom. The summed E-state index contributed by atoms with van der Waals surface area (Å²) >= 11 is 0. The highest BCUT2D eigenvalue weighted by Gasteiger charge is 2.02. The molecule has 0 fully saturated rings. The van der Waals surface area contributed by atoms with Gasteiger partial charge in [0.1, 0.15) is 11.5 Å². The van der Waals surface area contributed by atoms with E-state index in [-0.39, 0.29) is 0 Å². The minimum atomic E-state index is -0.966. The molecule has 20 heavy (non-hydrogen) atoms. The highest BCUT2D eigenvalue weighted by molar-refractivity contribution is 5.85. The highest BCUT2D eigenvalue weighted by Crippen LogP contribution is 2.26. The lowest BCUT2D eigenvalue weighted by Crippen LogP contribution is -1.90. The normalized spacial score (nSPS) is 10.7. The molecule has 1 N–H and O–H groups in total. The van der Waals surface area contributed by atoms with Gasteiger partial charge in [0.15, 0.2) is 0 Å². The third kappa shape index (κ3) is 3.72. The Bertz CT molecular complexity index is 640. The van der Waals surface area contributed by atoms with Crippen molar-refractivity contribution in [2.24, 2.45) is 0 Å². The third-order valence-corrected chi connectivity index (χ3v) is 2.88. The smallest absolute Gasteiger partial charge is 0.328 e. The van der Waals surface area contributed by atoms with Gasteiger partial charge in [0, 0.05) is 6.08 Å². The van der Waals surface area contributed by atoms with E-state index in [0.29, 0.717) is 0 Å². The van der Waals surface area contributed by atoms with Crippen LogP contribution in [0.3, 0.4) is 0 Å². The fourth-order valence-corrected chi connectivity index (χ4v) is 1.73. The van der Waals surface area contributed by atoms with Crippen molar-refractivity contribution in [1.29, 1.82) is 0 Å². The van der Waals surface area contributed by atoms with Crippen LogP contribution >= 0.6 is 0 Å². The van der Waals surface area contributed by atoms with E-state index in [9.17, 15) is 4.79 Å². The quantitative estimate of drug-likeness (QED) is 0.845. The van der Waals surface area contributed by atoms with Crippen LogP contribution in [-0.2, 0) is 4.79 Å². The summed E-state index contributed by atoms with van der Waals surface area (Å²) in [6, 6.07) is 13.4. The van der Waals surface area contributed by atoms with Crippen molar-refractivity contribution in [2.45, 2.75) is 13.8 Å². The molecule has 0 amide bonds. The molecular formula is C17H16O3. The van der Waals surface area contributed by atoms with Gasteiger partial charge < -0.3 is 9.84 Å². The Labute approximate surface area is 118 Å². The zero-order valence-corrected chi connectivity index (χ0v) is 11.5. The molecule has 0 bridgehead atoms. The first-order valence-electron chi connectivity index (χ1n) is 6.31. The molecule has 2 aromatic rings. The summed E-state index contributed by atoms with van der Waals surface area (Å²) in [5.41, 5.74) is 2.96. The van der Waals surface area contributed by atoms with Crippen LogP contribution in [0.2, 0.25) is 0 Å². The van der Waals surface area contributed by atoms with Crippen molar-refractivity contribution < 1.29 is 14.6 Å². The first-order chi connectivity index (χ1) is 9.54. The minimum Gasteiger partial charge on any atom is -0.478 e. The Balaban J connectivity index is 2.24. The number of ether oxygens (including phenoxy) is 1. The predicted octanol–water partition coefficient (Wildman–Crippen LogP) is 4.19. The number of aryl methyl sites for hydroxylation is 2. The summed E-state index contributed by atoms with van der Waals surface area (Å²) in [7, 11) is 0. The Morgan fingerprint density at radius 3 is 2.45 bits per heavy atom. The van der Waals surface area contributed by atoms with Gasteiger partial charge in [-0.3, -0.25) is 0 Å². The monoisotopic (exact) mass is 268 g/mol. The molecule has 0 heterocycles. The number of rotatable bonds is 4. The predicted molar refractivity (Wildman–Crippen MR) is 79.1 cm³/mol. The number of hydrogen-bond acceptors (Lipinski definition) is 2. The van der Waals surface area contributed by atoms with Gasteiger partial charge >= 0.3 is 5.97 Å². The lowest BCUT2D eigenvalue weighted by Gasteiger charge is -2.09. The molecule has 0 saturated heterocycles. The van der Waals surface area contributed by atoms with Gasteiger partial charge in [0.05, 0.1) is 0 Å². The first-order valence-corrected chi connectivity index (χ1v) is 6.31. The van der Waals surface area contributed by atoms with E-state index in [2.05, 4.69) is 0 Å². The molecule has 0 saturated carbocycles. The maximum Gasteiger partial charge on any atom is 0.328 e. The topological polar surface area (TPSA) is 46.5 Å². The molecule has 3 nitrogen and oxygen atoms in total. The van der Waals surface area contributed by atoms with Gasteiger partial charge in [-0.25, -0.2) is 4.79 Å². The molecule has 0 radical (unpaired) electrons. The second kappa shape index (κ2) is 6.06. The molecule has 0 aliphatic heterocycles. The van der Waals surface area contributed by atoms with Crippen molar-refractivity contribution in [3.05, 3.63) is 65.2 Å². The van der Waals surface area contributed by atoms with Crippen molar-refractivity contribution in [3.63, 3.8) is 0 Å². The molecule has 0 spiro atoms. The standard InChI is InChI=1S/C17H16O3/c1-12-3-8-15(9-4-12)20-16-11-14(6-5-13(16)2)7-10-17(18)19/h3-11H,1-2H3,(H,18,19)/b10-7+. The van der Waals surface area contributed by atoms with Gasteiger partial charge in [-0.05, 0) is 49.2 Å². The summed E-state index contributed by atoms with van der Waals surface area (Å²) in [5.74, 6) is 0.519. The molecule has 102 valence electrons. The number of hydrogen-bond donors (Lipinski definition) is 1. The number of benzene rings is 2. The SMILES string of the molecule is Cc1ccc(Oc2cc(/C=C/C(=O)O)ccc2C)cc1. The zero-order chi connectivity index (χ0) is 14.5. The third-order valence-electron chi connectivity index (χ3n) is 2.88. The van der Waals surface area contributed by atoms with Crippen LogP contribution in [0.5, 0.6) is 11.5 Å². The fourth-order valence-electron chi connectivity index (χ4n) is 1.73. The maximum absolute atomic E-state index is 10.5. The van der Waals surface area contributed by atoms with E-state index in [1.807, 2.05) is 56.3 Å². The van der Waals surface area contributed by atoms with Gasteiger partial charge in [0.25, 0.3) is 0 Å². The second-order valence-corrected chi connectivity index (χ2v) is 4.61. The summed E-state index contributed by atoms with van der Waals surface area (Å²) in [4.78, 5) is 10.5. The molecule has 0 aliphatic carbocycles. The van der Waals surface area contributed by atoms with Crippen LogP contribution in [0.4, 0.5) is 0 Å². The van der Waals surface area contributed by atoms with Crippen LogP contribution in [0.15, 0.2) is 48.5 Å². The van der Waals surface area contributed by atoms with E-state index in [1.165, 1.54) is 5.56 Å². The average molecular weight is 268 g/mol.